The molecule has 0 spiro atoms. The number of para-hydroxylation sites is 1. The molecule has 0 fully saturated rings. The van der Waals surface area contributed by atoms with Gasteiger partial charge in [-0.05, 0) is 12.1 Å². The van der Waals surface area contributed by atoms with Crippen molar-refractivity contribution in [3.05, 3.63) is 30.3 Å². The van der Waals surface area contributed by atoms with Gasteiger partial charge in [-0.25, -0.2) is 0 Å². The third-order valence-electron chi connectivity index (χ3n) is 2.35. The average Bonchev–Trinajstić information content (AvgIpc) is 2.25. The summed E-state index contributed by atoms with van der Waals surface area (Å²) in [5, 5.41) is 8.37. The van der Waals surface area contributed by atoms with E-state index in [1.807, 2.05) is 0 Å². The molecule has 112 valence electrons. The number of carboxylic acid groups (broad SMARTS) is 1. The zero-order valence-corrected chi connectivity index (χ0v) is 9.63. The van der Waals surface area contributed by atoms with Crippen molar-refractivity contribution >= 4 is 5.97 Å². The van der Waals surface area contributed by atoms with Gasteiger partial charge in [-0.2, -0.15) is 26.3 Å². The highest BCUT2D eigenvalue weighted by Crippen LogP contribution is 2.48. The highest BCUT2D eigenvalue weighted by molar-refractivity contribution is 5.68. The summed E-state index contributed by atoms with van der Waals surface area (Å²) in [6.07, 6.45) is -14.2. The largest absolute Gasteiger partial charge is 0.481 e. The summed E-state index contributed by atoms with van der Waals surface area (Å²) in [5.74, 6) is -3.01. The van der Waals surface area contributed by atoms with Crippen molar-refractivity contribution in [3.63, 3.8) is 0 Å². The molecule has 0 saturated carbocycles. The molecule has 1 aromatic carbocycles. The Bertz CT molecular complexity index is 451. The second kappa shape index (κ2) is 5.22. The molecule has 1 aromatic rings. The van der Waals surface area contributed by atoms with Crippen LogP contribution in [0.1, 0.15) is 6.42 Å². The molecule has 0 aliphatic carbocycles. The lowest BCUT2D eigenvalue weighted by Crippen LogP contribution is -2.62. The van der Waals surface area contributed by atoms with E-state index in [4.69, 9.17) is 5.11 Å². The minimum atomic E-state index is -5.94. The molecule has 0 heterocycles. The van der Waals surface area contributed by atoms with E-state index >= 15 is 0 Å². The van der Waals surface area contributed by atoms with Gasteiger partial charge in [0, 0.05) is 0 Å². The number of ether oxygens (including phenoxy) is 1. The molecule has 0 saturated heterocycles. The van der Waals surface area contributed by atoms with Crippen LogP contribution in [-0.4, -0.2) is 29.0 Å². The van der Waals surface area contributed by atoms with Gasteiger partial charge >= 0.3 is 23.9 Å². The molecule has 0 aromatic heterocycles. The normalized spacial score (nSPS) is 13.1. The van der Waals surface area contributed by atoms with Crippen LogP contribution in [0.4, 0.5) is 26.3 Å². The van der Waals surface area contributed by atoms with E-state index < -0.39 is 36.1 Å². The maximum absolute atomic E-state index is 12.8. The van der Waals surface area contributed by atoms with Gasteiger partial charge in [-0.15, -0.1) is 0 Å². The maximum Gasteiger partial charge on any atom is 0.438 e. The molecule has 0 bridgehead atoms. The van der Waals surface area contributed by atoms with Gasteiger partial charge in [0.05, 0.1) is 0 Å². The Labute approximate surface area is 108 Å². The van der Waals surface area contributed by atoms with Crippen LogP contribution in [0.15, 0.2) is 30.3 Å². The molecule has 0 aliphatic rings. The van der Waals surface area contributed by atoms with E-state index in [-0.39, 0.29) is 0 Å². The summed E-state index contributed by atoms with van der Waals surface area (Å²) in [7, 11) is 0. The number of aliphatic carboxylic acids is 1. The van der Waals surface area contributed by atoms with Crippen LogP contribution < -0.4 is 4.74 Å². The molecule has 1 rings (SSSR count). The second-order valence-electron chi connectivity index (χ2n) is 3.81. The summed E-state index contributed by atoms with van der Waals surface area (Å²) in [5.41, 5.74) is -4.80. The fourth-order valence-corrected chi connectivity index (χ4v) is 1.42. The molecule has 0 amide bonds. The third kappa shape index (κ3) is 3.14. The fourth-order valence-electron chi connectivity index (χ4n) is 1.42. The Morgan fingerprint density at radius 2 is 1.45 bits per heavy atom. The first-order valence-electron chi connectivity index (χ1n) is 5.09. The SMILES string of the molecule is O=C(O)CC(Oc1ccccc1)(C(F)(F)F)C(F)(F)F. The standard InChI is InChI=1S/C11H8F6O3/c12-10(13,14)9(6-8(18)19,11(15,16)17)20-7-4-2-1-3-5-7/h1-5H,6H2,(H,18,19). The topological polar surface area (TPSA) is 46.5 Å². The lowest BCUT2D eigenvalue weighted by molar-refractivity contribution is -0.357. The molecule has 1 N–H and O–H groups in total. The van der Waals surface area contributed by atoms with E-state index in [1.54, 1.807) is 0 Å². The first-order valence-corrected chi connectivity index (χ1v) is 5.09. The number of carboxylic acids is 1. The summed E-state index contributed by atoms with van der Waals surface area (Å²) >= 11 is 0. The van der Waals surface area contributed by atoms with Crippen LogP contribution in [0.2, 0.25) is 0 Å². The van der Waals surface area contributed by atoms with Crippen LogP contribution in [0.25, 0.3) is 0 Å². The number of benzene rings is 1. The molecule has 0 unspecified atom stereocenters. The summed E-state index contributed by atoms with van der Waals surface area (Å²) in [6, 6.07) is 5.41. The smallest absolute Gasteiger partial charge is 0.438 e. The Morgan fingerprint density at radius 3 is 1.80 bits per heavy atom. The lowest BCUT2D eigenvalue weighted by atomic mass is 9.97. The van der Waals surface area contributed by atoms with Crippen LogP contribution in [0.3, 0.4) is 0 Å². The van der Waals surface area contributed by atoms with Crippen molar-refractivity contribution in [2.24, 2.45) is 0 Å². The van der Waals surface area contributed by atoms with Crippen LogP contribution >= 0.6 is 0 Å². The first-order chi connectivity index (χ1) is 8.99. The monoisotopic (exact) mass is 302 g/mol. The molecule has 0 aliphatic heterocycles. The van der Waals surface area contributed by atoms with Crippen LogP contribution in [0, 0.1) is 0 Å². The highest BCUT2D eigenvalue weighted by atomic mass is 19.4. The van der Waals surface area contributed by atoms with Gasteiger partial charge in [0.25, 0.3) is 0 Å². The number of rotatable bonds is 4. The van der Waals surface area contributed by atoms with E-state index in [9.17, 15) is 31.1 Å². The van der Waals surface area contributed by atoms with Crippen molar-refractivity contribution < 1.29 is 41.0 Å². The van der Waals surface area contributed by atoms with Crippen molar-refractivity contribution in [3.8, 4) is 5.75 Å². The van der Waals surface area contributed by atoms with Gasteiger partial charge in [0.15, 0.2) is 0 Å². The summed E-state index contributed by atoms with van der Waals surface area (Å²) in [6.45, 7) is 0. The van der Waals surface area contributed by atoms with Crippen LogP contribution in [-0.2, 0) is 4.79 Å². The van der Waals surface area contributed by atoms with Gasteiger partial charge in [-0.3, -0.25) is 4.79 Å². The lowest BCUT2D eigenvalue weighted by Gasteiger charge is -2.36. The minimum Gasteiger partial charge on any atom is -0.481 e. The van der Waals surface area contributed by atoms with Gasteiger partial charge in [-0.1, -0.05) is 18.2 Å². The Balaban J connectivity index is 3.34. The van der Waals surface area contributed by atoms with E-state index in [2.05, 4.69) is 4.74 Å². The Hall–Kier alpha value is -1.93. The number of hydrogen-bond donors (Lipinski definition) is 1. The second-order valence-corrected chi connectivity index (χ2v) is 3.81. The molecule has 20 heavy (non-hydrogen) atoms. The Morgan fingerprint density at radius 1 is 1.00 bits per heavy atom. The van der Waals surface area contributed by atoms with Crippen molar-refractivity contribution in [2.45, 2.75) is 24.4 Å². The average molecular weight is 302 g/mol. The number of carbonyl (C=O) groups is 1. The van der Waals surface area contributed by atoms with Gasteiger partial charge < -0.3 is 9.84 Å². The predicted octanol–water partition coefficient (Wildman–Crippen LogP) is 3.40. The number of alkyl halides is 6. The Kier molecular flexibility index (Phi) is 4.21. The number of halogens is 6. The molecule has 3 nitrogen and oxygen atoms in total. The highest BCUT2D eigenvalue weighted by Gasteiger charge is 2.74. The summed E-state index contributed by atoms with van der Waals surface area (Å²) in [4.78, 5) is 10.4. The zero-order valence-electron chi connectivity index (χ0n) is 9.63. The number of hydrogen-bond acceptors (Lipinski definition) is 2. The molecule has 9 heteroatoms. The third-order valence-corrected chi connectivity index (χ3v) is 2.35. The van der Waals surface area contributed by atoms with Crippen molar-refractivity contribution in [1.29, 1.82) is 0 Å². The predicted molar refractivity (Wildman–Crippen MR) is 54.2 cm³/mol. The summed E-state index contributed by atoms with van der Waals surface area (Å²) < 4.78 is 80.9. The minimum absolute atomic E-state index is 0.733. The fraction of sp³-hybridized carbons (Fsp3) is 0.364. The van der Waals surface area contributed by atoms with Gasteiger partial charge in [0.2, 0.25) is 0 Å². The first kappa shape index (κ1) is 16.1. The van der Waals surface area contributed by atoms with E-state index in [0.717, 1.165) is 24.3 Å². The molecular weight excluding hydrogens is 294 g/mol. The van der Waals surface area contributed by atoms with E-state index in [1.165, 1.54) is 6.07 Å². The quantitative estimate of drug-likeness (QED) is 0.867. The van der Waals surface area contributed by atoms with Crippen molar-refractivity contribution in [2.75, 3.05) is 0 Å². The van der Waals surface area contributed by atoms with E-state index in [0.29, 0.717) is 0 Å². The molecular formula is C11H8F6O3. The van der Waals surface area contributed by atoms with Crippen molar-refractivity contribution in [1.82, 2.24) is 0 Å². The van der Waals surface area contributed by atoms with Gasteiger partial charge in [0.1, 0.15) is 12.2 Å². The van der Waals surface area contributed by atoms with Crippen LogP contribution in [0.5, 0.6) is 5.75 Å². The zero-order chi connectivity index (χ0) is 15.6. The molecule has 0 atom stereocenters. The molecule has 0 radical (unpaired) electrons. The maximum atomic E-state index is 12.8.